The monoisotopic (exact) mass is 340 g/mol. The van der Waals surface area contributed by atoms with Gasteiger partial charge in [-0.3, -0.25) is 9.52 Å². The number of benzene rings is 1. The van der Waals surface area contributed by atoms with E-state index in [1.807, 2.05) is 0 Å². The number of anilines is 1. The minimum atomic E-state index is -3.77. The van der Waals surface area contributed by atoms with Crippen molar-refractivity contribution in [3.05, 3.63) is 28.2 Å². The van der Waals surface area contributed by atoms with E-state index in [4.69, 9.17) is 23.2 Å². The molecule has 20 heavy (non-hydrogen) atoms. The van der Waals surface area contributed by atoms with Crippen LogP contribution in [0.3, 0.4) is 0 Å². The first-order chi connectivity index (χ1) is 9.26. The third kappa shape index (κ3) is 4.82. The van der Waals surface area contributed by atoms with Gasteiger partial charge in [0.05, 0.1) is 29.3 Å². The Hall–Kier alpha value is -1.02. The molecule has 0 fully saturated rings. The summed E-state index contributed by atoms with van der Waals surface area (Å²) in [7, 11) is -1.18. The fourth-order valence-electron chi connectivity index (χ4n) is 1.26. The van der Waals surface area contributed by atoms with Gasteiger partial charge in [0.15, 0.2) is 0 Å². The van der Waals surface area contributed by atoms with Gasteiger partial charge in [0, 0.05) is 13.6 Å². The van der Waals surface area contributed by atoms with E-state index < -0.39 is 16.2 Å². The van der Waals surface area contributed by atoms with E-state index in [9.17, 15) is 13.2 Å². The van der Waals surface area contributed by atoms with Gasteiger partial charge in [0.1, 0.15) is 0 Å². The molecule has 0 unspecified atom stereocenters. The lowest BCUT2D eigenvalue weighted by Gasteiger charge is -2.18. The molecule has 0 saturated carbocycles. The van der Waals surface area contributed by atoms with Crippen LogP contribution in [0.15, 0.2) is 18.2 Å². The molecule has 0 bridgehead atoms. The summed E-state index contributed by atoms with van der Waals surface area (Å²) in [4.78, 5) is 11.0. The van der Waals surface area contributed by atoms with Crippen molar-refractivity contribution in [2.75, 3.05) is 25.4 Å². The molecular formula is C11H14Cl2N2O4S. The van der Waals surface area contributed by atoms with E-state index in [0.29, 0.717) is 5.02 Å². The maximum atomic E-state index is 12.0. The van der Waals surface area contributed by atoms with Crippen molar-refractivity contribution in [2.24, 2.45) is 0 Å². The molecule has 1 aromatic carbocycles. The van der Waals surface area contributed by atoms with Crippen molar-refractivity contribution in [1.82, 2.24) is 4.31 Å². The lowest BCUT2D eigenvalue weighted by atomic mass is 10.3. The summed E-state index contributed by atoms with van der Waals surface area (Å²) in [5, 5.41) is 0.567. The normalized spacial score (nSPS) is 11.4. The molecule has 0 aliphatic heterocycles. The van der Waals surface area contributed by atoms with Gasteiger partial charge in [0.2, 0.25) is 0 Å². The molecule has 0 aliphatic carbocycles. The Morgan fingerprint density at radius 3 is 2.55 bits per heavy atom. The number of ether oxygens (including phenoxy) is 1. The Morgan fingerprint density at radius 2 is 2.00 bits per heavy atom. The summed E-state index contributed by atoms with van der Waals surface area (Å²) in [5.74, 6) is -0.485. The van der Waals surface area contributed by atoms with Crippen LogP contribution in [-0.4, -0.2) is 39.4 Å². The summed E-state index contributed by atoms with van der Waals surface area (Å²) < 4.78 is 31.8. The van der Waals surface area contributed by atoms with Crippen molar-refractivity contribution < 1.29 is 17.9 Å². The van der Waals surface area contributed by atoms with Crippen molar-refractivity contribution in [3.8, 4) is 0 Å². The molecule has 0 aliphatic rings. The number of esters is 1. The van der Waals surface area contributed by atoms with Gasteiger partial charge in [0.25, 0.3) is 0 Å². The lowest BCUT2D eigenvalue weighted by Crippen LogP contribution is -2.34. The minimum Gasteiger partial charge on any atom is -0.469 e. The SMILES string of the molecule is COC(=O)CCN(C)S(=O)(=O)Nc1ccc(Cl)c(Cl)c1. The highest BCUT2D eigenvalue weighted by Gasteiger charge is 2.19. The third-order valence-electron chi connectivity index (χ3n) is 2.44. The first-order valence-electron chi connectivity index (χ1n) is 5.52. The van der Waals surface area contributed by atoms with Gasteiger partial charge < -0.3 is 4.74 Å². The predicted molar refractivity (Wildman–Crippen MR) is 78.3 cm³/mol. The number of halogens is 2. The number of hydrogen-bond acceptors (Lipinski definition) is 4. The Labute approximate surface area is 127 Å². The zero-order valence-corrected chi connectivity index (χ0v) is 13.2. The fourth-order valence-corrected chi connectivity index (χ4v) is 2.47. The quantitative estimate of drug-likeness (QED) is 0.805. The molecule has 112 valence electrons. The van der Waals surface area contributed by atoms with Crippen LogP contribution in [0.5, 0.6) is 0 Å². The highest BCUT2D eigenvalue weighted by Crippen LogP contribution is 2.25. The average molecular weight is 341 g/mol. The van der Waals surface area contributed by atoms with Gasteiger partial charge in [-0.15, -0.1) is 0 Å². The summed E-state index contributed by atoms with van der Waals surface area (Å²) in [6.07, 6.45) is -0.0325. The fraction of sp³-hybridized carbons (Fsp3) is 0.364. The number of hydrogen-bond donors (Lipinski definition) is 1. The molecule has 0 heterocycles. The van der Waals surface area contributed by atoms with Crippen molar-refractivity contribution in [1.29, 1.82) is 0 Å². The number of carbonyl (C=O) groups is 1. The predicted octanol–water partition coefficient (Wildman–Crippen LogP) is 2.14. The number of carbonyl (C=O) groups excluding carboxylic acids is 1. The molecule has 0 aromatic heterocycles. The Morgan fingerprint density at radius 1 is 1.35 bits per heavy atom. The molecule has 0 amide bonds. The summed E-state index contributed by atoms with van der Waals surface area (Å²) >= 11 is 11.5. The van der Waals surface area contributed by atoms with Crippen molar-refractivity contribution in [3.63, 3.8) is 0 Å². The van der Waals surface area contributed by atoms with E-state index in [-0.39, 0.29) is 23.7 Å². The van der Waals surface area contributed by atoms with E-state index >= 15 is 0 Å². The topological polar surface area (TPSA) is 75.7 Å². The lowest BCUT2D eigenvalue weighted by molar-refractivity contribution is -0.140. The maximum Gasteiger partial charge on any atom is 0.306 e. The van der Waals surface area contributed by atoms with Gasteiger partial charge in [-0.2, -0.15) is 12.7 Å². The second-order valence-electron chi connectivity index (χ2n) is 3.88. The van der Waals surface area contributed by atoms with Crippen LogP contribution in [0.1, 0.15) is 6.42 Å². The average Bonchev–Trinajstić information content (AvgIpc) is 2.39. The van der Waals surface area contributed by atoms with E-state index in [1.54, 1.807) is 0 Å². The largest absolute Gasteiger partial charge is 0.469 e. The van der Waals surface area contributed by atoms with Gasteiger partial charge in [-0.05, 0) is 18.2 Å². The number of methoxy groups -OCH3 is 1. The van der Waals surface area contributed by atoms with Gasteiger partial charge >= 0.3 is 16.2 Å². The molecule has 1 rings (SSSR count). The van der Waals surface area contributed by atoms with Crippen LogP contribution in [-0.2, 0) is 19.7 Å². The molecular weight excluding hydrogens is 327 g/mol. The number of nitrogens with zero attached hydrogens (tertiary/aromatic N) is 1. The summed E-state index contributed by atoms with van der Waals surface area (Å²) in [6, 6.07) is 4.37. The molecule has 0 spiro atoms. The molecule has 1 aromatic rings. The number of rotatable bonds is 6. The van der Waals surface area contributed by atoms with Crippen molar-refractivity contribution in [2.45, 2.75) is 6.42 Å². The van der Waals surface area contributed by atoms with Crippen LogP contribution in [0.25, 0.3) is 0 Å². The van der Waals surface area contributed by atoms with Crippen LogP contribution >= 0.6 is 23.2 Å². The Kier molecular flexibility index (Phi) is 6.07. The molecule has 6 nitrogen and oxygen atoms in total. The highest BCUT2D eigenvalue weighted by molar-refractivity contribution is 7.90. The molecule has 0 atom stereocenters. The third-order valence-corrected chi connectivity index (χ3v) is 4.67. The summed E-state index contributed by atoms with van der Waals surface area (Å²) in [5.41, 5.74) is 0.282. The first-order valence-corrected chi connectivity index (χ1v) is 7.72. The second kappa shape index (κ2) is 7.12. The van der Waals surface area contributed by atoms with Gasteiger partial charge in [-0.1, -0.05) is 23.2 Å². The zero-order valence-electron chi connectivity index (χ0n) is 10.9. The Bertz CT molecular complexity index is 592. The second-order valence-corrected chi connectivity index (χ2v) is 6.48. The summed E-state index contributed by atoms with van der Waals surface area (Å²) in [6.45, 7) is 0.00330. The molecule has 0 radical (unpaired) electrons. The van der Waals surface area contributed by atoms with E-state index in [2.05, 4.69) is 9.46 Å². The molecule has 1 N–H and O–H groups in total. The standard InChI is InChI=1S/C11H14Cl2N2O4S/c1-15(6-5-11(16)19-2)20(17,18)14-8-3-4-9(12)10(13)7-8/h3-4,7,14H,5-6H2,1-2H3. The molecule has 9 heteroatoms. The van der Waals surface area contributed by atoms with Gasteiger partial charge in [-0.25, -0.2) is 0 Å². The van der Waals surface area contributed by atoms with E-state index in [0.717, 1.165) is 4.31 Å². The van der Waals surface area contributed by atoms with Crippen LogP contribution in [0.4, 0.5) is 5.69 Å². The Balaban J connectivity index is 2.73. The highest BCUT2D eigenvalue weighted by atomic mass is 35.5. The number of nitrogens with one attached hydrogen (secondary N) is 1. The van der Waals surface area contributed by atoms with Crippen LogP contribution < -0.4 is 4.72 Å². The maximum absolute atomic E-state index is 12.0. The smallest absolute Gasteiger partial charge is 0.306 e. The van der Waals surface area contributed by atoms with E-state index in [1.165, 1.54) is 32.4 Å². The first kappa shape index (κ1) is 17.0. The van der Waals surface area contributed by atoms with Crippen molar-refractivity contribution >= 4 is 45.1 Å². The minimum absolute atomic E-state index is 0.00330. The van der Waals surface area contributed by atoms with Crippen LogP contribution in [0, 0.1) is 0 Å². The molecule has 0 saturated heterocycles. The zero-order chi connectivity index (χ0) is 15.3. The van der Waals surface area contributed by atoms with Crippen LogP contribution in [0.2, 0.25) is 10.0 Å².